The minimum Gasteiger partial charge on any atom is -0.447 e. The van der Waals surface area contributed by atoms with Gasteiger partial charge in [-0.2, -0.15) is 0 Å². The van der Waals surface area contributed by atoms with E-state index in [-0.39, 0.29) is 6.09 Å². The number of benzene rings is 2. The second-order valence-electron chi connectivity index (χ2n) is 3.80. The minimum atomic E-state index is -0.254. The van der Waals surface area contributed by atoms with E-state index in [1.54, 1.807) is 4.90 Å². The Labute approximate surface area is 93.2 Å². The minimum absolute atomic E-state index is 0.254. The van der Waals surface area contributed by atoms with E-state index in [4.69, 9.17) is 4.74 Å². The fraction of sp³-hybridized carbons (Fsp3) is 0.154. The fourth-order valence-electron chi connectivity index (χ4n) is 1.97. The van der Waals surface area contributed by atoms with Crippen LogP contribution in [0.25, 0.3) is 10.8 Å². The normalized spacial score (nSPS) is 15.5. The molecule has 0 saturated carbocycles. The summed E-state index contributed by atoms with van der Waals surface area (Å²) in [5.74, 6) is 0. The van der Waals surface area contributed by atoms with E-state index in [9.17, 15) is 4.79 Å². The van der Waals surface area contributed by atoms with Crippen LogP contribution in [0.2, 0.25) is 0 Å². The summed E-state index contributed by atoms with van der Waals surface area (Å²) in [4.78, 5) is 13.1. The highest BCUT2D eigenvalue weighted by Gasteiger charge is 2.23. The highest BCUT2D eigenvalue weighted by molar-refractivity contribution is 5.93. The molecule has 3 heteroatoms. The van der Waals surface area contributed by atoms with E-state index in [0.29, 0.717) is 13.2 Å². The van der Waals surface area contributed by atoms with Crippen molar-refractivity contribution in [1.29, 1.82) is 0 Å². The van der Waals surface area contributed by atoms with Gasteiger partial charge in [0.05, 0.1) is 6.54 Å². The molecule has 80 valence electrons. The monoisotopic (exact) mass is 213 g/mol. The van der Waals surface area contributed by atoms with Crippen LogP contribution in [0.15, 0.2) is 42.5 Å². The molecule has 1 aliphatic rings. The van der Waals surface area contributed by atoms with Crippen molar-refractivity contribution in [3.05, 3.63) is 42.5 Å². The molecule has 2 aromatic rings. The SMILES string of the molecule is O=C1OCCN1c1ccc2ccccc2c1. The Morgan fingerprint density at radius 3 is 2.62 bits per heavy atom. The number of anilines is 1. The lowest BCUT2D eigenvalue weighted by molar-refractivity contribution is 0.181. The molecular formula is C13H11NO2. The molecule has 3 rings (SSSR count). The summed E-state index contributed by atoms with van der Waals surface area (Å²) < 4.78 is 4.92. The largest absolute Gasteiger partial charge is 0.447 e. The lowest BCUT2D eigenvalue weighted by atomic mass is 10.1. The van der Waals surface area contributed by atoms with Crippen LogP contribution in [0.1, 0.15) is 0 Å². The zero-order valence-electron chi connectivity index (χ0n) is 8.72. The zero-order chi connectivity index (χ0) is 11.0. The Kier molecular flexibility index (Phi) is 2.03. The van der Waals surface area contributed by atoms with Gasteiger partial charge in [0.25, 0.3) is 0 Å². The molecule has 16 heavy (non-hydrogen) atoms. The Bertz CT molecular complexity index is 550. The number of carbonyl (C=O) groups is 1. The third-order valence-corrected chi connectivity index (χ3v) is 2.81. The molecule has 0 aromatic heterocycles. The van der Waals surface area contributed by atoms with E-state index in [0.717, 1.165) is 11.1 Å². The summed E-state index contributed by atoms with van der Waals surface area (Å²) in [5.41, 5.74) is 0.904. The van der Waals surface area contributed by atoms with Crippen LogP contribution in [-0.2, 0) is 4.74 Å². The van der Waals surface area contributed by atoms with Gasteiger partial charge in [-0.15, -0.1) is 0 Å². The number of cyclic esters (lactones) is 1. The van der Waals surface area contributed by atoms with Crippen molar-refractivity contribution in [1.82, 2.24) is 0 Å². The molecule has 0 unspecified atom stereocenters. The molecule has 0 radical (unpaired) electrons. The second-order valence-corrected chi connectivity index (χ2v) is 3.80. The second kappa shape index (κ2) is 3.52. The van der Waals surface area contributed by atoms with Gasteiger partial charge in [-0.1, -0.05) is 30.3 Å². The molecule has 3 nitrogen and oxygen atoms in total. The number of hydrogen-bond acceptors (Lipinski definition) is 2. The van der Waals surface area contributed by atoms with Crippen LogP contribution in [0.3, 0.4) is 0 Å². The average molecular weight is 213 g/mol. The van der Waals surface area contributed by atoms with Gasteiger partial charge in [-0.3, -0.25) is 4.90 Å². The average Bonchev–Trinajstić information content (AvgIpc) is 2.75. The third-order valence-electron chi connectivity index (χ3n) is 2.81. The van der Waals surface area contributed by atoms with Crippen LogP contribution < -0.4 is 4.90 Å². The van der Waals surface area contributed by atoms with E-state index >= 15 is 0 Å². The summed E-state index contributed by atoms with van der Waals surface area (Å²) in [6, 6.07) is 14.1. The quantitative estimate of drug-likeness (QED) is 0.729. The molecule has 1 aliphatic heterocycles. The summed E-state index contributed by atoms with van der Waals surface area (Å²) in [6.45, 7) is 1.11. The van der Waals surface area contributed by atoms with Gasteiger partial charge >= 0.3 is 6.09 Å². The maximum absolute atomic E-state index is 11.4. The standard InChI is InChI=1S/C13H11NO2/c15-13-14(7-8-16-13)12-6-5-10-3-1-2-4-11(10)9-12/h1-6,9H,7-8H2. The first kappa shape index (κ1) is 9.21. The summed E-state index contributed by atoms with van der Waals surface area (Å²) in [5, 5.41) is 2.32. The predicted molar refractivity (Wildman–Crippen MR) is 62.6 cm³/mol. The van der Waals surface area contributed by atoms with Crippen molar-refractivity contribution in [2.75, 3.05) is 18.1 Å². The summed E-state index contributed by atoms with van der Waals surface area (Å²) in [6.07, 6.45) is -0.254. The number of nitrogens with zero attached hydrogens (tertiary/aromatic N) is 1. The first-order valence-electron chi connectivity index (χ1n) is 5.28. The molecule has 1 fully saturated rings. The Hall–Kier alpha value is -2.03. The van der Waals surface area contributed by atoms with E-state index in [1.807, 2.05) is 36.4 Å². The van der Waals surface area contributed by atoms with Crippen LogP contribution in [-0.4, -0.2) is 19.2 Å². The highest BCUT2D eigenvalue weighted by Crippen LogP contribution is 2.24. The fourth-order valence-corrected chi connectivity index (χ4v) is 1.97. The zero-order valence-corrected chi connectivity index (χ0v) is 8.72. The Morgan fingerprint density at radius 2 is 1.88 bits per heavy atom. The van der Waals surface area contributed by atoms with Crippen molar-refractivity contribution in [3.8, 4) is 0 Å². The Balaban J connectivity index is 2.08. The Morgan fingerprint density at radius 1 is 1.06 bits per heavy atom. The van der Waals surface area contributed by atoms with Crippen LogP contribution >= 0.6 is 0 Å². The molecule has 0 spiro atoms. The first-order chi connectivity index (χ1) is 7.84. The van der Waals surface area contributed by atoms with Crippen molar-refractivity contribution in [2.45, 2.75) is 0 Å². The van der Waals surface area contributed by atoms with Crippen molar-refractivity contribution >= 4 is 22.6 Å². The van der Waals surface area contributed by atoms with Crippen LogP contribution in [0.4, 0.5) is 10.5 Å². The van der Waals surface area contributed by atoms with Gasteiger partial charge in [0.2, 0.25) is 0 Å². The maximum atomic E-state index is 11.4. The van der Waals surface area contributed by atoms with Gasteiger partial charge in [-0.05, 0) is 22.9 Å². The molecule has 1 amide bonds. The predicted octanol–water partition coefficient (Wildman–Crippen LogP) is 2.80. The van der Waals surface area contributed by atoms with Gasteiger partial charge in [0.1, 0.15) is 6.61 Å². The molecule has 0 bridgehead atoms. The molecule has 0 N–H and O–H groups in total. The summed E-state index contributed by atoms with van der Waals surface area (Å²) >= 11 is 0. The molecule has 0 atom stereocenters. The molecule has 0 aliphatic carbocycles. The van der Waals surface area contributed by atoms with Gasteiger partial charge in [-0.25, -0.2) is 4.79 Å². The number of ether oxygens (including phenoxy) is 1. The summed E-state index contributed by atoms with van der Waals surface area (Å²) in [7, 11) is 0. The number of amides is 1. The lowest BCUT2D eigenvalue weighted by Crippen LogP contribution is -2.23. The van der Waals surface area contributed by atoms with E-state index < -0.39 is 0 Å². The van der Waals surface area contributed by atoms with E-state index in [2.05, 4.69) is 6.07 Å². The lowest BCUT2D eigenvalue weighted by Gasteiger charge is -2.13. The highest BCUT2D eigenvalue weighted by atomic mass is 16.6. The van der Waals surface area contributed by atoms with E-state index in [1.165, 1.54) is 5.39 Å². The van der Waals surface area contributed by atoms with Gasteiger partial charge < -0.3 is 4.74 Å². The molecular weight excluding hydrogens is 202 g/mol. The molecule has 2 aromatic carbocycles. The van der Waals surface area contributed by atoms with Gasteiger partial charge in [0.15, 0.2) is 0 Å². The van der Waals surface area contributed by atoms with Crippen molar-refractivity contribution in [3.63, 3.8) is 0 Å². The third kappa shape index (κ3) is 1.41. The number of hydrogen-bond donors (Lipinski definition) is 0. The smallest absolute Gasteiger partial charge is 0.414 e. The molecule has 1 saturated heterocycles. The number of rotatable bonds is 1. The van der Waals surface area contributed by atoms with Crippen molar-refractivity contribution in [2.24, 2.45) is 0 Å². The van der Waals surface area contributed by atoms with Gasteiger partial charge in [0, 0.05) is 5.69 Å². The van der Waals surface area contributed by atoms with Crippen molar-refractivity contribution < 1.29 is 9.53 Å². The first-order valence-corrected chi connectivity index (χ1v) is 5.28. The number of fused-ring (bicyclic) bond motifs is 1. The topological polar surface area (TPSA) is 29.5 Å². The number of carbonyl (C=O) groups excluding carboxylic acids is 1. The molecule has 1 heterocycles. The van der Waals surface area contributed by atoms with Crippen LogP contribution in [0.5, 0.6) is 0 Å². The van der Waals surface area contributed by atoms with Crippen LogP contribution in [0, 0.1) is 0 Å². The maximum Gasteiger partial charge on any atom is 0.414 e.